The number of hydrogen-bond acceptors (Lipinski definition) is 4. The van der Waals surface area contributed by atoms with Crippen molar-refractivity contribution in [1.82, 2.24) is 5.16 Å². The van der Waals surface area contributed by atoms with Gasteiger partial charge < -0.3 is 9.63 Å². The van der Waals surface area contributed by atoms with Gasteiger partial charge in [0.15, 0.2) is 17.2 Å². The Labute approximate surface area is 128 Å². The molecule has 0 aliphatic rings. The molecule has 5 heteroatoms. The number of benzene rings is 1. The van der Waals surface area contributed by atoms with Crippen molar-refractivity contribution in [3.63, 3.8) is 0 Å². The first kappa shape index (κ1) is 16.4. The van der Waals surface area contributed by atoms with E-state index in [1.807, 2.05) is 6.92 Å². The number of aliphatic hydroxyl groups is 1. The third-order valence-electron chi connectivity index (χ3n) is 3.93. The van der Waals surface area contributed by atoms with Crippen LogP contribution in [0.1, 0.15) is 41.4 Å². The van der Waals surface area contributed by atoms with Gasteiger partial charge >= 0.3 is 0 Å². The van der Waals surface area contributed by atoms with Gasteiger partial charge in [0.25, 0.3) is 0 Å². The molecule has 1 atom stereocenters. The number of Topliss-reactive ketones (excluding diaryl/α,β-unsaturated/α-hetero) is 1. The number of hydrogen-bond donors (Lipinski definition) is 1. The summed E-state index contributed by atoms with van der Waals surface area (Å²) in [7, 11) is 0. The van der Waals surface area contributed by atoms with Crippen molar-refractivity contribution in [2.75, 3.05) is 6.61 Å². The molecule has 0 aliphatic carbocycles. The molecule has 1 aromatic heterocycles. The zero-order chi connectivity index (χ0) is 16.3. The summed E-state index contributed by atoms with van der Waals surface area (Å²) in [5, 5.41) is 13.0. The van der Waals surface area contributed by atoms with E-state index in [4.69, 9.17) is 4.52 Å². The maximum Gasteiger partial charge on any atom is 0.185 e. The average molecular weight is 305 g/mol. The van der Waals surface area contributed by atoms with E-state index in [1.165, 1.54) is 6.07 Å². The van der Waals surface area contributed by atoms with Crippen LogP contribution in [0.5, 0.6) is 0 Å². The van der Waals surface area contributed by atoms with Gasteiger partial charge in [-0.25, -0.2) is 4.39 Å². The van der Waals surface area contributed by atoms with Gasteiger partial charge in [-0.3, -0.25) is 4.79 Å². The molecule has 22 heavy (non-hydrogen) atoms. The summed E-state index contributed by atoms with van der Waals surface area (Å²) in [5.74, 6) is -0.170. The zero-order valence-electron chi connectivity index (χ0n) is 13.0. The third-order valence-corrected chi connectivity index (χ3v) is 3.93. The Hall–Kier alpha value is -2.01. The van der Waals surface area contributed by atoms with Crippen LogP contribution in [-0.2, 0) is 0 Å². The summed E-state index contributed by atoms with van der Waals surface area (Å²) in [6.45, 7) is 5.30. The van der Waals surface area contributed by atoms with E-state index in [9.17, 15) is 14.3 Å². The molecule has 0 fully saturated rings. The van der Waals surface area contributed by atoms with Crippen molar-refractivity contribution < 1.29 is 18.8 Å². The summed E-state index contributed by atoms with van der Waals surface area (Å²) in [4.78, 5) is 12.3. The molecule has 0 spiro atoms. The molecule has 0 radical (unpaired) electrons. The SMILES string of the molecule is CC[C@H](CO)CC(=O)c1noc(-c2ccc(C)c(F)c2)c1C. The van der Waals surface area contributed by atoms with Gasteiger partial charge in [-0.15, -0.1) is 0 Å². The second-order valence-corrected chi connectivity index (χ2v) is 5.53. The van der Waals surface area contributed by atoms with Crippen LogP contribution in [0.4, 0.5) is 4.39 Å². The minimum absolute atomic E-state index is 0.0326. The topological polar surface area (TPSA) is 63.3 Å². The second-order valence-electron chi connectivity index (χ2n) is 5.53. The summed E-state index contributed by atoms with van der Waals surface area (Å²) >= 11 is 0. The Morgan fingerprint density at radius 3 is 2.73 bits per heavy atom. The molecule has 2 rings (SSSR count). The fraction of sp³-hybridized carbons (Fsp3) is 0.412. The van der Waals surface area contributed by atoms with Gasteiger partial charge in [-0.05, 0) is 31.4 Å². The smallest absolute Gasteiger partial charge is 0.185 e. The van der Waals surface area contributed by atoms with Crippen LogP contribution in [0, 0.1) is 25.6 Å². The number of carbonyl (C=O) groups is 1. The normalized spacial score (nSPS) is 12.4. The zero-order valence-corrected chi connectivity index (χ0v) is 13.0. The van der Waals surface area contributed by atoms with Crippen molar-refractivity contribution in [2.24, 2.45) is 5.92 Å². The van der Waals surface area contributed by atoms with E-state index in [1.54, 1.807) is 26.0 Å². The quantitative estimate of drug-likeness (QED) is 0.827. The van der Waals surface area contributed by atoms with E-state index >= 15 is 0 Å². The van der Waals surface area contributed by atoms with Crippen LogP contribution in [0.15, 0.2) is 22.7 Å². The van der Waals surface area contributed by atoms with Gasteiger partial charge in [-0.2, -0.15) is 0 Å². The van der Waals surface area contributed by atoms with Crippen LogP contribution in [0.3, 0.4) is 0 Å². The summed E-state index contributed by atoms with van der Waals surface area (Å²) in [6, 6.07) is 4.77. The molecular weight excluding hydrogens is 285 g/mol. The number of halogens is 1. The van der Waals surface area contributed by atoms with Gasteiger partial charge in [-0.1, -0.05) is 30.6 Å². The Morgan fingerprint density at radius 2 is 2.14 bits per heavy atom. The highest BCUT2D eigenvalue weighted by atomic mass is 19.1. The van der Waals surface area contributed by atoms with Crippen molar-refractivity contribution in [1.29, 1.82) is 0 Å². The maximum absolute atomic E-state index is 13.7. The van der Waals surface area contributed by atoms with Crippen molar-refractivity contribution in [3.8, 4) is 11.3 Å². The van der Waals surface area contributed by atoms with Crippen LogP contribution in [-0.4, -0.2) is 22.7 Å². The van der Waals surface area contributed by atoms with E-state index in [0.717, 1.165) is 6.42 Å². The van der Waals surface area contributed by atoms with E-state index in [-0.39, 0.29) is 36.2 Å². The maximum atomic E-state index is 13.7. The highest BCUT2D eigenvalue weighted by Gasteiger charge is 2.22. The van der Waals surface area contributed by atoms with Gasteiger partial charge in [0.2, 0.25) is 0 Å². The molecule has 0 saturated carbocycles. The molecular formula is C17H20FNO3. The van der Waals surface area contributed by atoms with Crippen LogP contribution in [0.2, 0.25) is 0 Å². The van der Waals surface area contributed by atoms with E-state index in [0.29, 0.717) is 22.5 Å². The highest BCUT2D eigenvalue weighted by molar-refractivity contribution is 5.96. The Bertz CT molecular complexity index is 675. The first-order valence-corrected chi connectivity index (χ1v) is 7.34. The van der Waals surface area contributed by atoms with E-state index in [2.05, 4.69) is 5.16 Å². The van der Waals surface area contributed by atoms with Crippen molar-refractivity contribution in [2.45, 2.75) is 33.6 Å². The number of ketones is 1. The second kappa shape index (κ2) is 6.83. The molecule has 4 nitrogen and oxygen atoms in total. The Kier molecular flexibility index (Phi) is 5.08. The van der Waals surface area contributed by atoms with Gasteiger partial charge in [0.05, 0.1) is 0 Å². The predicted molar refractivity (Wildman–Crippen MR) is 81.2 cm³/mol. The molecule has 0 unspecified atom stereocenters. The third kappa shape index (κ3) is 3.25. The average Bonchev–Trinajstić information content (AvgIpc) is 2.89. The molecule has 0 saturated heterocycles. The largest absolute Gasteiger partial charge is 0.396 e. The number of rotatable bonds is 6. The molecule has 1 N–H and O–H groups in total. The van der Waals surface area contributed by atoms with Crippen molar-refractivity contribution in [3.05, 3.63) is 40.8 Å². The number of aryl methyl sites for hydroxylation is 1. The fourth-order valence-corrected chi connectivity index (χ4v) is 2.30. The van der Waals surface area contributed by atoms with Gasteiger partial charge in [0.1, 0.15) is 5.82 Å². The van der Waals surface area contributed by atoms with Crippen LogP contribution >= 0.6 is 0 Å². The monoisotopic (exact) mass is 305 g/mol. The van der Waals surface area contributed by atoms with Gasteiger partial charge in [0, 0.05) is 24.2 Å². The predicted octanol–water partition coefficient (Wildman–Crippen LogP) is 3.69. The summed E-state index contributed by atoms with van der Waals surface area (Å²) in [5.41, 5.74) is 1.95. The number of aliphatic hydroxyl groups excluding tert-OH is 1. The molecule has 0 bridgehead atoms. The fourth-order valence-electron chi connectivity index (χ4n) is 2.30. The number of aromatic nitrogens is 1. The lowest BCUT2D eigenvalue weighted by molar-refractivity contribution is 0.0924. The minimum atomic E-state index is -0.326. The first-order valence-electron chi connectivity index (χ1n) is 7.34. The first-order chi connectivity index (χ1) is 10.5. The lowest BCUT2D eigenvalue weighted by Crippen LogP contribution is -2.12. The van der Waals surface area contributed by atoms with E-state index < -0.39 is 0 Å². The molecule has 1 aromatic carbocycles. The summed E-state index contributed by atoms with van der Waals surface area (Å²) in [6.07, 6.45) is 0.942. The minimum Gasteiger partial charge on any atom is -0.396 e. The standard InChI is InChI=1S/C17H20FNO3/c1-4-12(9-20)7-15(21)16-11(3)17(22-19-16)13-6-5-10(2)14(18)8-13/h5-6,8,12,20H,4,7,9H2,1-3H3/t12-/m0/s1. The molecule has 2 aromatic rings. The Morgan fingerprint density at radius 1 is 1.41 bits per heavy atom. The van der Waals surface area contributed by atoms with Crippen LogP contribution < -0.4 is 0 Å². The number of nitrogens with zero attached hydrogens (tertiary/aromatic N) is 1. The lowest BCUT2D eigenvalue weighted by Gasteiger charge is -2.08. The molecule has 0 amide bonds. The number of carbonyl (C=O) groups excluding carboxylic acids is 1. The molecule has 1 heterocycles. The molecule has 0 aliphatic heterocycles. The lowest BCUT2D eigenvalue weighted by atomic mass is 9.97. The summed E-state index contributed by atoms with van der Waals surface area (Å²) < 4.78 is 18.9. The van der Waals surface area contributed by atoms with Crippen molar-refractivity contribution >= 4 is 5.78 Å². The molecule has 118 valence electrons. The Balaban J connectivity index is 2.29. The highest BCUT2D eigenvalue weighted by Crippen LogP contribution is 2.28. The van der Waals surface area contributed by atoms with Crippen LogP contribution in [0.25, 0.3) is 11.3 Å².